The second-order valence-corrected chi connectivity index (χ2v) is 16.2. The quantitative estimate of drug-likeness (QED) is 0.0245. The Morgan fingerprint density at radius 1 is 0.690 bits per heavy atom. The number of esters is 1. The number of hydrogen-bond donors (Lipinski definition) is 4. The molecule has 3 rings (SSSR count). The van der Waals surface area contributed by atoms with Crippen molar-refractivity contribution in [2.75, 3.05) is 139 Å². The topological polar surface area (TPSA) is 274 Å². The maximum atomic E-state index is 14.2. The molecule has 0 saturated heterocycles. The van der Waals surface area contributed by atoms with Gasteiger partial charge in [0.15, 0.2) is 28.1 Å². The normalized spacial score (nSPS) is 13.5. The summed E-state index contributed by atoms with van der Waals surface area (Å²) in [6, 6.07) is 7.59. The first-order chi connectivity index (χ1) is 34.2. The number of ether oxygens (including phenoxy) is 12. The van der Waals surface area contributed by atoms with E-state index in [1.807, 2.05) is 24.3 Å². The minimum atomic E-state index is -5.41. The maximum Gasteiger partial charge on any atom is 0.313 e. The molecule has 25 heteroatoms. The molecular weight excluding hydrogens is 970 g/mol. The number of aliphatic imine (C=N–C) groups is 1. The van der Waals surface area contributed by atoms with E-state index in [4.69, 9.17) is 67.8 Å². The average Bonchev–Trinajstić information content (AvgIpc) is 3.47. The van der Waals surface area contributed by atoms with Gasteiger partial charge in [0.2, 0.25) is 5.82 Å². The fourth-order valence-corrected chi connectivity index (χ4v) is 6.45. The number of allylic oxidation sites excluding steroid dienone is 1. The molecule has 0 saturated carbocycles. The predicted molar refractivity (Wildman–Crippen MR) is 249 cm³/mol. The zero-order valence-electron chi connectivity index (χ0n) is 40.0. The standard InChI is InChI=1S/C46H65F3N4O17S/c1-33-42(47)46(71(56,57)58)44(49)43(48)45(33)70-41(55)7-8-59-9-10-60-11-12-61-13-14-62-15-16-63-17-18-64-19-20-65-21-22-66-23-24-67-25-26-68-27-28-69-37-5-3-35(4-6-37)31-52-32-39-38(50)29-36(34(2)54)30-40(51)53-39/h3-6,29,32,50,52H,7-28,30-31H2,1-2H3,(H2,51,53)(H,56,57,58)/b39-32+,50-38?. The number of ketones is 1. The van der Waals surface area contributed by atoms with Crippen molar-refractivity contribution in [2.45, 2.75) is 38.1 Å². The van der Waals surface area contributed by atoms with E-state index < -0.39 is 56.2 Å². The van der Waals surface area contributed by atoms with Crippen molar-refractivity contribution >= 4 is 33.4 Å². The summed E-state index contributed by atoms with van der Waals surface area (Å²) >= 11 is 0. The van der Waals surface area contributed by atoms with E-state index in [0.717, 1.165) is 12.5 Å². The van der Waals surface area contributed by atoms with Crippen LogP contribution in [0.4, 0.5) is 13.2 Å². The minimum absolute atomic E-state index is 0.0949. The first kappa shape index (κ1) is 60.4. The molecule has 0 bridgehead atoms. The van der Waals surface area contributed by atoms with Crippen molar-refractivity contribution in [3.8, 4) is 11.5 Å². The van der Waals surface area contributed by atoms with E-state index in [0.29, 0.717) is 136 Å². The number of carbonyl (C=O) groups excluding carboxylic acids is 2. The van der Waals surface area contributed by atoms with Crippen LogP contribution >= 0.6 is 0 Å². The molecule has 5 N–H and O–H groups in total. The summed E-state index contributed by atoms with van der Waals surface area (Å²) in [5.74, 6) is -7.30. The van der Waals surface area contributed by atoms with Gasteiger partial charge >= 0.3 is 16.1 Å². The number of halogens is 3. The van der Waals surface area contributed by atoms with E-state index in [2.05, 4.69) is 15.0 Å². The molecule has 0 spiro atoms. The Kier molecular flexibility index (Phi) is 30.0. The number of rotatable bonds is 40. The molecule has 1 aliphatic rings. The molecule has 71 heavy (non-hydrogen) atoms. The lowest BCUT2D eigenvalue weighted by Gasteiger charge is -2.12. The Morgan fingerprint density at radius 2 is 1.11 bits per heavy atom. The second-order valence-electron chi connectivity index (χ2n) is 14.9. The van der Waals surface area contributed by atoms with Crippen LogP contribution in [0.1, 0.15) is 30.9 Å². The lowest BCUT2D eigenvalue weighted by molar-refractivity contribution is -0.136. The highest BCUT2D eigenvalue weighted by Crippen LogP contribution is 2.33. The Morgan fingerprint density at radius 3 is 1.54 bits per heavy atom. The fourth-order valence-electron chi connectivity index (χ4n) is 5.75. The Bertz CT molecular complexity index is 2120. The fraction of sp³-hybridized carbons (Fsp3) is 0.565. The Labute approximate surface area is 411 Å². The zero-order valence-corrected chi connectivity index (χ0v) is 40.8. The highest BCUT2D eigenvalue weighted by molar-refractivity contribution is 7.85. The maximum absolute atomic E-state index is 14.2. The molecule has 0 aromatic heterocycles. The van der Waals surface area contributed by atoms with Gasteiger partial charge in [-0.25, -0.2) is 13.8 Å². The number of amidine groups is 1. The highest BCUT2D eigenvalue weighted by Gasteiger charge is 2.32. The van der Waals surface area contributed by atoms with Crippen LogP contribution < -0.4 is 20.5 Å². The van der Waals surface area contributed by atoms with Crippen LogP contribution in [-0.2, 0) is 73.6 Å². The lowest BCUT2D eigenvalue weighted by Crippen LogP contribution is -2.17. The van der Waals surface area contributed by atoms with Crippen molar-refractivity contribution < 1.29 is 92.6 Å². The number of nitrogens with zero attached hydrogens (tertiary/aromatic N) is 1. The summed E-state index contributed by atoms with van der Waals surface area (Å²) in [5.41, 5.74) is 7.03. The minimum Gasteiger partial charge on any atom is -0.491 e. The smallest absolute Gasteiger partial charge is 0.313 e. The SMILES string of the molecule is CC(=O)C1=CC(=N)/C(=C\NCc2ccc(OCCOCCOCCOCCOCCOCCOCCOCCOCCOCCOCCC(=O)Oc3c(C)c(F)c(S(=O)(=O)O)c(F)c3F)cc2)N=C(N)C1. The predicted octanol–water partition coefficient (Wildman–Crippen LogP) is 3.43. The van der Waals surface area contributed by atoms with Crippen molar-refractivity contribution in [2.24, 2.45) is 10.7 Å². The molecule has 398 valence electrons. The van der Waals surface area contributed by atoms with Crippen LogP contribution in [0.15, 0.2) is 57.7 Å². The largest absolute Gasteiger partial charge is 0.491 e. The molecule has 2 aromatic rings. The Hall–Kier alpha value is -4.90. The van der Waals surface area contributed by atoms with E-state index in [-0.39, 0.29) is 50.2 Å². The van der Waals surface area contributed by atoms with Crippen LogP contribution in [0.25, 0.3) is 0 Å². The molecule has 21 nitrogen and oxygen atoms in total. The van der Waals surface area contributed by atoms with Gasteiger partial charge < -0.3 is 67.9 Å². The van der Waals surface area contributed by atoms with Gasteiger partial charge in [-0.05, 0) is 37.6 Å². The molecule has 0 aliphatic carbocycles. The number of benzene rings is 2. The molecule has 1 heterocycles. The van der Waals surface area contributed by atoms with Crippen molar-refractivity contribution in [1.82, 2.24) is 5.32 Å². The molecule has 2 aromatic carbocycles. The third-order valence-corrected chi connectivity index (χ3v) is 10.3. The molecule has 1 aliphatic heterocycles. The molecule has 0 unspecified atom stereocenters. The summed E-state index contributed by atoms with van der Waals surface area (Å²) in [7, 11) is -5.41. The van der Waals surface area contributed by atoms with Crippen LogP contribution in [0, 0.1) is 29.8 Å². The van der Waals surface area contributed by atoms with Gasteiger partial charge in [0, 0.05) is 30.3 Å². The van der Waals surface area contributed by atoms with Crippen molar-refractivity contribution in [3.63, 3.8) is 0 Å². The Balaban J connectivity index is 0.987. The van der Waals surface area contributed by atoms with Crippen molar-refractivity contribution in [1.29, 1.82) is 5.41 Å². The lowest BCUT2D eigenvalue weighted by atomic mass is 10.1. The van der Waals surface area contributed by atoms with E-state index >= 15 is 0 Å². The highest BCUT2D eigenvalue weighted by atomic mass is 32.2. The van der Waals surface area contributed by atoms with Gasteiger partial charge in [-0.15, -0.1) is 0 Å². The van der Waals surface area contributed by atoms with E-state index in [1.165, 1.54) is 13.0 Å². The summed E-state index contributed by atoms with van der Waals surface area (Å²) in [6.07, 6.45) is 2.93. The summed E-state index contributed by atoms with van der Waals surface area (Å²) < 4.78 is 138. The molecule has 0 atom stereocenters. The van der Waals surface area contributed by atoms with E-state index in [1.54, 1.807) is 6.20 Å². The van der Waals surface area contributed by atoms with Crippen LogP contribution in [0.3, 0.4) is 0 Å². The molecule has 0 amide bonds. The van der Waals surface area contributed by atoms with Gasteiger partial charge in [0.25, 0.3) is 0 Å². The van der Waals surface area contributed by atoms with Gasteiger partial charge in [0.1, 0.15) is 23.9 Å². The van der Waals surface area contributed by atoms with Crippen LogP contribution in [0.5, 0.6) is 11.5 Å². The van der Waals surface area contributed by atoms with Crippen molar-refractivity contribution in [3.05, 3.63) is 76.4 Å². The summed E-state index contributed by atoms with van der Waals surface area (Å²) in [4.78, 5) is 26.1. The third kappa shape index (κ3) is 25.4. The molecule has 0 fully saturated rings. The number of hydrogen-bond acceptors (Lipinski definition) is 20. The second kappa shape index (κ2) is 35.3. The summed E-state index contributed by atoms with van der Waals surface area (Å²) in [6.45, 7) is 10.0. The van der Waals surface area contributed by atoms with Crippen LogP contribution in [-0.4, -0.2) is 175 Å². The average molecular weight is 1040 g/mol. The first-order valence-electron chi connectivity index (χ1n) is 22.6. The van der Waals surface area contributed by atoms with Gasteiger partial charge in [-0.3, -0.25) is 19.6 Å². The van der Waals surface area contributed by atoms with Gasteiger partial charge in [-0.2, -0.15) is 12.8 Å². The van der Waals surface area contributed by atoms with Gasteiger partial charge in [0.05, 0.1) is 144 Å². The summed E-state index contributed by atoms with van der Waals surface area (Å²) in [5, 5.41) is 11.3. The van der Waals surface area contributed by atoms with Crippen LogP contribution in [0.2, 0.25) is 0 Å². The number of nitrogens with one attached hydrogen (secondary N) is 2. The number of Topliss-reactive ketones (excluding diaryl/α,β-unsaturated/α-hetero) is 1. The zero-order chi connectivity index (χ0) is 51.7. The molecule has 0 radical (unpaired) electrons. The molecular formula is C46H65F3N4O17S. The monoisotopic (exact) mass is 1030 g/mol. The third-order valence-electron chi connectivity index (χ3n) is 9.38. The number of nitrogens with two attached hydrogens (primary N) is 1. The first-order valence-corrected chi connectivity index (χ1v) is 24.0. The van der Waals surface area contributed by atoms with E-state index in [9.17, 15) is 31.2 Å². The van der Waals surface area contributed by atoms with Gasteiger partial charge in [-0.1, -0.05) is 12.1 Å². The number of carbonyl (C=O) groups is 2.